The van der Waals surface area contributed by atoms with Crippen LogP contribution in [0.15, 0.2) is 45.3 Å². The monoisotopic (exact) mass is 407 g/mol. The molecule has 2 N–H and O–H groups in total. The number of hydrogen-bond acceptors (Lipinski definition) is 4. The number of nitrogen functional groups attached to an aromatic ring is 1. The molecule has 0 unspecified atom stereocenters. The maximum absolute atomic E-state index is 6.15. The molecule has 2 aromatic carbocycles. The minimum atomic E-state index is 0.610. The summed E-state index contributed by atoms with van der Waals surface area (Å²) in [6.07, 6.45) is 0. The van der Waals surface area contributed by atoms with Crippen LogP contribution in [0.3, 0.4) is 0 Å². The molecule has 7 heteroatoms. The Morgan fingerprint density at radius 1 is 1.14 bits per heavy atom. The maximum Gasteiger partial charge on any atom is 0.189 e. The van der Waals surface area contributed by atoms with Crippen molar-refractivity contribution in [2.45, 2.75) is 6.92 Å². The van der Waals surface area contributed by atoms with Gasteiger partial charge < -0.3 is 5.73 Å². The van der Waals surface area contributed by atoms with Crippen LogP contribution in [0.1, 0.15) is 5.56 Å². The van der Waals surface area contributed by atoms with Gasteiger partial charge in [-0.25, -0.2) is 0 Å². The first-order valence-electron chi connectivity index (χ1n) is 6.17. The first kappa shape index (κ1) is 14.2. The molecule has 0 spiro atoms. The molecule has 1 heterocycles. The summed E-state index contributed by atoms with van der Waals surface area (Å²) in [5, 5.41) is 12.0. The Morgan fingerprint density at radius 2 is 1.95 bits per heavy atom. The van der Waals surface area contributed by atoms with E-state index in [2.05, 4.69) is 47.4 Å². The lowest BCUT2D eigenvalue weighted by Gasteiger charge is -2.10. The summed E-state index contributed by atoms with van der Waals surface area (Å²) < 4.78 is 3.53. The van der Waals surface area contributed by atoms with Gasteiger partial charge in [-0.05, 0) is 63.1 Å². The molecule has 0 aliphatic carbocycles. The zero-order valence-electron chi connectivity index (χ0n) is 11.1. The van der Waals surface area contributed by atoms with E-state index < -0.39 is 0 Å². The van der Waals surface area contributed by atoms with E-state index in [1.54, 1.807) is 4.68 Å². The van der Waals surface area contributed by atoms with Crippen LogP contribution in [0.25, 0.3) is 17.1 Å². The number of aryl methyl sites for hydroxylation is 1. The summed E-state index contributed by atoms with van der Waals surface area (Å²) >= 11 is 6.96. The van der Waals surface area contributed by atoms with E-state index >= 15 is 0 Å². The van der Waals surface area contributed by atoms with Crippen LogP contribution in [0, 0.1) is 6.92 Å². The van der Waals surface area contributed by atoms with Gasteiger partial charge in [0.05, 0.1) is 5.69 Å². The highest BCUT2D eigenvalue weighted by Gasteiger charge is 2.16. The van der Waals surface area contributed by atoms with Gasteiger partial charge in [-0.1, -0.05) is 28.1 Å². The largest absolute Gasteiger partial charge is 0.398 e. The molecule has 5 nitrogen and oxygen atoms in total. The highest BCUT2D eigenvalue weighted by atomic mass is 79.9. The molecular weight excluding hydrogens is 398 g/mol. The van der Waals surface area contributed by atoms with Crippen molar-refractivity contribution in [3.8, 4) is 17.1 Å². The molecule has 0 aliphatic rings. The van der Waals surface area contributed by atoms with Crippen LogP contribution in [0.5, 0.6) is 0 Å². The summed E-state index contributed by atoms with van der Waals surface area (Å²) in [6, 6.07) is 11.6. The zero-order chi connectivity index (χ0) is 15.0. The van der Waals surface area contributed by atoms with Gasteiger partial charge in [0, 0.05) is 20.2 Å². The van der Waals surface area contributed by atoms with Crippen LogP contribution in [0.2, 0.25) is 0 Å². The van der Waals surface area contributed by atoms with Gasteiger partial charge in [-0.15, -0.1) is 5.10 Å². The van der Waals surface area contributed by atoms with E-state index in [0.717, 1.165) is 25.8 Å². The van der Waals surface area contributed by atoms with E-state index in [-0.39, 0.29) is 0 Å². The van der Waals surface area contributed by atoms with Crippen molar-refractivity contribution in [1.82, 2.24) is 20.2 Å². The van der Waals surface area contributed by atoms with Gasteiger partial charge in [0.15, 0.2) is 5.82 Å². The number of para-hydroxylation sites is 1. The minimum Gasteiger partial charge on any atom is -0.398 e. The molecule has 3 rings (SSSR count). The standard InChI is InChI=1S/C14H11Br2N5/c1-8-3-2-4-10(13(8)17)14-18-19-20-21(14)12-6-5-9(15)7-11(12)16/h2-7H,17H2,1H3. The topological polar surface area (TPSA) is 69.6 Å². The van der Waals surface area contributed by atoms with Crippen molar-refractivity contribution >= 4 is 37.5 Å². The fourth-order valence-corrected chi connectivity index (χ4v) is 3.26. The van der Waals surface area contributed by atoms with Crippen molar-refractivity contribution in [3.05, 3.63) is 50.9 Å². The van der Waals surface area contributed by atoms with Gasteiger partial charge in [-0.3, -0.25) is 0 Å². The van der Waals surface area contributed by atoms with Crippen molar-refractivity contribution in [3.63, 3.8) is 0 Å². The highest BCUT2D eigenvalue weighted by molar-refractivity contribution is 9.11. The maximum atomic E-state index is 6.15. The molecule has 0 fully saturated rings. The zero-order valence-corrected chi connectivity index (χ0v) is 14.3. The van der Waals surface area contributed by atoms with E-state index in [4.69, 9.17) is 5.73 Å². The predicted octanol–water partition coefficient (Wildman–Crippen LogP) is 3.74. The van der Waals surface area contributed by atoms with Crippen LogP contribution < -0.4 is 5.73 Å². The summed E-state index contributed by atoms with van der Waals surface area (Å²) in [4.78, 5) is 0. The Kier molecular flexibility index (Phi) is 3.77. The Balaban J connectivity index is 2.20. The average molecular weight is 409 g/mol. The second-order valence-electron chi connectivity index (χ2n) is 4.55. The molecule has 0 aliphatic heterocycles. The lowest BCUT2D eigenvalue weighted by Crippen LogP contribution is -2.03. The first-order valence-corrected chi connectivity index (χ1v) is 7.76. The third-order valence-electron chi connectivity index (χ3n) is 3.17. The SMILES string of the molecule is Cc1cccc(-c2nnnn2-c2ccc(Br)cc2Br)c1N. The third-order valence-corrected chi connectivity index (χ3v) is 4.30. The van der Waals surface area contributed by atoms with Crippen molar-refractivity contribution in [2.75, 3.05) is 5.73 Å². The van der Waals surface area contributed by atoms with E-state index in [9.17, 15) is 0 Å². The first-order chi connectivity index (χ1) is 10.1. The van der Waals surface area contributed by atoms with E-state index in [1.807, 2.05) is 43.3 Å². The molecule has 0 saturated carbocycles. The number of tetrazole rings is 1. The second kappa shape index (κ2) is 5.57. The van der Waals surface area contributed by atoms with Crippen LogP contribution in [-0.4, -0.2) is 20.2 Å². The van der Waals surface area contributed by atoms with Gasteiger partial charge in [0.25, 0.3) is 0 Å². The third kappa shape index (κ3) is 2.58. The van der Waals surface area contributed by atoms with Crippen molar-refractivity contribution in [1.29, 1.82) is 0 Å². The number of nitrogens with zero attached hydrogens (tertiary/aromatic N) is 4. The van der Waals surface area contributed by atoms with Gasteiger partial charge >= 0.3 is 0 Å². The number of benzene rings is 2. The van der Waals surface area contributed by atoms with Crippen LogP contribution >= 0.6 is 31.9 Å². The molecule has 106 valence electrons. The van der Waals surface area contributed by atoms with Crippen LogP contribution in [0.4, 0.5) is 5.69 Å². The Labute approximate surface area is 138 Å². The van der Waals surface area contributed by atoms with Crippen molar-refractivity contribution in [2.24, 2.45) is 0 Å². The molecule has 0 amide bonds. The Morgan fingerprint density at radius 3 is 2.71 bits per heavy atom. The number of halogens is 2. The minimum absolute atomic E-state index is 0.610. The predicted molar refractivity (Wildman–Crippen MR) is 89.1 cm³/mol. The average Bonchev–Trinajstić information content (AvgIpc) is 2.91. The number of nitrogens with two attached hydrogens (primary N) is 1. The second-order valence-corrected chi connectivity index (χ2v) is 6.32. The fourth-order valence-electron chi connectivity index (χ4n) is 2.05. The van der Waals surface area contributed by atoms with E-state index in [0.29, 0.717) is 11.5 Å². The summed E-state index contributed by atoms with van der Waals surface area (Å²) in [5.41, 5.74) is 9.50. The quantitative estimate of drug-likeness (QED) is 0.655. The Bertz CT molecular complexity index is 813. The molecule has 0 saturated heterocycles. The molecule has 0 radical (unpaired) electrons. The van der Waals surface area contributed by atoms with Crippen LogP contribution in [-0.2, 0) is 0 Å². The summed E-state index contributed by atoms with van der Waals surface area (Å²) in [5.74, 6) is 0.610. The number of rotatable bonds is 2. The van der Waals surface area contributed by atoms with Gasteiger partial charge in [-0.2, -0.15) is 4.68 Å². The van der Waals surface area contributed by atoms with E-state index in [1.165, 1.54) is 0 Å². The molecule has 3 aromatic rings. The summed E-state index contributed by atoms with van der Waals surface area (Å²) in [6.45, 7) is 1.96. The molecule has 21 heavy (non-hydrogen) atoms. The normalized spacial score (nSPS) is 10.8. The molecular formula is C14H11Br2N5. The van der Waals surface area contributed by atoms with Gasteiger partial charge in [0.1, 0.15) is 0 Å². The lowest BCUT2D eigenvalue weighted by atomic mass is 10.1. The molecule has 0 bridgehead atoms. The Hall–Kier alpha value is -1.73. The fraction of sp³-hybridized carbons (Fsp3) is 0.0714. The number of aromatic nitrogens is 4. The van der Waals surface area contributed by atoms with Crippen molar-refractivity contribution < 1.29 is 0 Å². The number of anilines is 1. The smallest absolute Gasteiger partial charge is 0.189 e. The number of hydrogen-bond donors (Lipinski definition) is 1. The molecule has 1 aromatic heterocycles. The lowest BCUT2D eigenvalue weighted by molar-refractivity contribution is 0.789. The molecule has 0 atom stereocenters. The summed E-state index contributed by atoms with van der Waals surface area (Å²) in [7, 11) is 0. The highest BCUT2D eigenvalue weighted by Crippen LogP contribution is 2.30. The van der Waals surface area contributed by atoms with Gasteiger partial charge in [0.2, 0.25) is 0 Å².